The van der Waals surface area contributed by atoms with Crippen LogP contribution in [0, 0.1) is 5.41 Å². The Labute approximate surface area is 185 Å². The molecule has 31 heavy (non-hydrogen) atoms. The molecule has 1 aliphatic carbocycles. The van der Waals surface area contributed by atoms with E-state index in [9.17, 15) is 5.11 Å². The van der Waals surface area contributed by atoms with Crippen LogP contribution in [0.2, 0.25) is 5.02 Å². The van der Waals surface area contributed by atoms with Gasteiger partial charge in [-0.25, -0.2) is 9.97 Å². The minimum absolute atomic E-state index is 0.130. The molecule has 7 heteroatoms. The summed E-state index contributed by atoms with van der Waals surface area (Å²) in [5.74, 6) is -0.126. The van der Waals surface area contributed by atoms with E-state index in [1.807, 2.05) is 37.4 Å². The standard InChI is InChI=1S/C24H20ClN5O/c1-28-18-9-4-14(5-10-18)21-13-22(30-24(27)29-21)16-6-11-20(26)19(12-16)23(31)15-2-7-17(25)8-3-15/h2-13,26,28,31H,1H3,(H2,27,29,30)/p-1/b23-19-,26-20?. The molecule has 0 radical (unpaired) electrons. The first-order valence-corrected chi connectivity index (χ1v) is 9.91. The lowest BCUT2D eigenvalue weighted by Crippen LogP contribution is -2.12. The molecule has 0 saturated carbocycles. The van der Waals surface area contributed by atoms with Gasteiger partial charge in [0, 0.05) is 28.9 Å². The highest BCUT2D eigenvalue weighted by Gasteiger charge is 2.14. The second kappa shape index (κ2) is 8.45. The summed E-state index contributed by atoms with van der Waals surface area (Å²) in [6, 6.07) is 16.2. The number of nitrogens with zero attached hydrogens (tertiary/aromatic N) is 2. The minimum atomic E-state index is -0.256. The number of nitrogens with one attached hydrogen (secondary N) is 2. The zero-order valence-corrected chi connectivity index (χ0v) is 17.4. The maximum atomic E-state index is 13.0. The second-order valence-electron chi connectivity index (χ2n) is 6.92. The fourth-order valence-corrected chi connectivity index (χ4v) is 3.34. The Balaban J connectivity index is 1.76. The topological polar surface area (TPSA) is 111 Å². The van der Waals surface area contributed by atoms with Gasteiger partial charge in [-0.05, 0) is 53.6 Å². The van der Waals surface area contributed by atoms with E-state index in [2.05, 4.69) is 15.3 Å². The van der Waals surface area contributed by atoms with Crippen molar-refractivity contribution in [3.05, 3.63) is 94.7 Å². The van der Waals surface area contributed by atoms with Gasteiger partial charge >= 0.3 is 0 Å². The average molecular weight is 429 g/mol. The third kappa shape index (κ3) is 4.34. The second-order valence-corrected chi connectivity index (χ2v) is 7.36. The molecular formula is C24H19ClN5O-. The highest BCUT2D eigenvalue weighted by atomic mass is 35.5. The first-order chi connectivity index (χ1) is 14.9. The van der Waals surface area contributed by atoms with Crippen LogP contribution in [-0.2, 0) is 0 Å². The molecule has 3 aromatic rings. The Hall–Kier alpha value is -3.90. The molecule has 0 unspecified atom stereocenters. The Morgan fingerprint density at radius 1 is 1.00 bits per heavy atom. The van der Waals surface area contributed by atoms with Gasteiger partial charge in [-0.3, -0.25) is 0 Å². The monoisotopic (exact) mass is 428 g/mol. The zero-order chi connectivity index (χ0) is 22.0. The molecule has 1 aromatic heterocycles. The Bertz CT molecular complexity index is 1240. The maximum Gasteiger partial charge on any atom is 0.221 e. The van der Waals surface area contributed by atoms with Crippen LogP contribution in [0.4, 0.5) is 11.6 Å². The number of benzene rings is 2. The first kappa shape index (κ1) is 20.4. The zero-order valence-electron chi connectivity index (χ0n) is 16.7. The lowest BCUT2D eigenvalue weighted by molar-refractivity contribution is -0.244. The van der Waals surface area contributed by atoms with Crippen LogP contribution in [0.15, 0.2) is 78.4 Å². The van der Waals surface area contributed by atoms with Crippen LogP contribution in [0.25, 0.3) is 22.6 Å². The molecule has 154 valence electrons. The fraction of sp³-hybridized carbons (Fsp3) is 0.0417. The molecule has 0 spiro atoms. The SMILES string of the molecule is CNc1ccc(-c2cc(C3=C/C(=C(/[O-])c4ccc(Cl)cc4)C(=N)C=C3)nc(N)n2)cc1. The van der Waals surface area contributed by atoms with E-state index >= 15 is 0 Å². The lowest BCUT2D eigenvalue weighted by atomic mass is 9.94. The lowest BCUT2D eigenvalue weighted by Gasteiger charge is -2.20. The van der Waals surface area contributed by atoms with E-state index in [1.54, 1.807) is 42.5 Å². The van der Waals surface area contributed by atoms with Crippen LogP contribution >= 0.6 is 11.6 Å². The predicted octanol–water partition coefficient (Wildman–Crippen LogP) is 4.17. The van der Waals surface area contributed by atoms with Crippen molar-refractivity contribution in [3.63, 3.8) is 0 Å². The molecule has 6 nitrogen and oxygen atoms in total. The molecule has 0 bridgehead atoms. The number of nitrogen functional groups attached to an aromatic ring is 1. The van der Waals surface area contributed by atoms with Crippen molar-refractivity contribution in [2.75, 3.05) is 18.1 Å². The molecule has 1 heterocycles. The van der Waals surface area contributed by atoms with E-state index in [0.717, 1.165) is 11.3 Å². The van der Waals surface area contributed by atoms with Gasteiger partial charge in [-0.15, -0.1) is 0 Å². The number of allylic oxidation sites excluding steroid dienone is 5. The first-order valence-electron chi connectivity index (χ1n) is 9.53. The molecule has 0 saturated heterocycles. The summed E-state index contributed by atoms with van der Waals surface area (Å²) in [5.41, 5.74) is 10.6. The van der Waals surface area contributed by atoms with Gasteiger partial charge in [0.05, 0.1) is 17.1 Å². The van der Waals surface area contributed by atoms with Crippen molar-refractivity contribution >= 4 is 40.3 Å². The number of aromatic nitrogens is 2. The van der Waals surface area contributed by atoms with Crippen molar-refractivity contribution in [1.29, 1.82) is 5.41 Å². The van der Waals surface area contributed by atoms with E-state index in [1.165, 1.54) is 0 Å². The van der Waals surface area contributed by atoms with Crippen molar-refractivity contribution < 1.29 is 5.11 Å². The summed E-state index contributed by atoms with van der Waals surface area (Å²) in [6.07, 6.45) is 4.99. The normalized spacial score (nSPS) is 14.9. The summed E-state index contributed by atoms with van der Waals surface area (Å²) < 4.78 is 0. The third-order valence-corrected chi connectivity index (χ3v) is 5.13. The minimum Gasteiger partial charge on any atom is -0.872 e. The molecule has 1 aliphatic rings. The van der Waals surface area contributed by atoms with Crippen LogP contribution in [-0.4, -0.2) is 22.7 Å². The maximum absolute atomic E-state index is 13.0. The van der Waals surface area contributed by atoms with Crippen molar-refractivity contribution in [2.24, 2.45) is 0 Å². The number of rotatable bonds is 4. The van der Waals surface area contributed by atoms with Gasteiger partial charge in [-0.1, -0.05) is 47.7 Å². The molecule has 0 atom stereocenters. The van der Waals surface area contributed by atoms with Gasteiger partial charge < -0.3 is 21.6 Å². The number of halogens is 1. The van der Waals surface area contributed by atoms with Gasteiger partial charge in [0.15, 0.2) is 0 Å². The molecule has 4 rings (SSSR count). The highest BCUT2D eigenvalue weighted by molar-refractivity contribution is 6.30. The third-order valence-electron chi connectivity index (χ3n) is 4.88. The summed E-state index contributed by atoms with van der Waals surface area (Å²) in [6.45, 7) is 0. The summed E-state index contributed by atoms with van der Waals surface area (Å²) in [4.78, 5) is 8.69. The van der Waals surface area contributed by atoms with Crippen molar-refractivity contribution in [2.45, 2.75) is 0 Å². The van der Waals surface area contributed by atoms with E-state index in [-0.39, 0.29) is 23.0 Å². The largest absolute Gasteiger partial charge is 0.872 e. The van der Waals surface area contributed by atoms with Gasteiger partial charge in [0.25, 0.3) is 0 Å². The Morgan fingerprint density at radius 2 is 1.68 bits per heavy atom. The van der Waals surface area contributed by atoms with Crippen LogP contribution in [0.3, 0.4) is 0 Å². The van der Waals surface area contributed by atoms with Crippen molar-refractivity contribution in [3.8, 4) is 11.3 Å². The van der Waals surface area contributed by atoms with E-state index in [4.69, 9.17) is 22.7 Å². The predicted molar refractivity (Wildman–Crippen MR) is 125 cm³/mol. The van der Waals surface area contributed by atoms with Crippen LogP contribution in [0.5, 0.6) is 0 Å². The molecule has 0 amide bonds. The smallest absolute Gasteiger partial charge is 0.221 e. The molecule has 2 aromatic carbocycles. The van der Waals surface area contributed by atoms with Crippen LogP contribution in [0.1, 0.15) is 11.3 Å². The Morgan fingerprint density at radius 3 is 2.35 bits per heavy atom. The molecular weight excluding hydrogens is 410 g/mol. The van der Waals surface area contributed by atoms with E-state index < -0.39 is 0 Å². The van der Waals surface area contributed by atoms with Crippen molar-refractivity contribution in [1.82, 2.24) is 9.97 Å². The molecule has 0 aliphatic heterocycles. The molecule has 0 fully saturated rings. The summed E-state index contributed by atoms with van der Waals surface area (Å²) in [5, 5.41) is 24.8. The van der Waals surface area contributed by atoms with Gasteiger partial charge in [-0.2, -0.15) is 0 Å². The summed E-state index contributed by atoms with van der Waals surface area (Å²) in [7, 11) is 1.86. The van der Waals surface area contributed by atoms with E-state index in [0.29, 0.717) is 27.5 Å². The summed E-state index contributed by atoms with van der Waals surface area (Å²) >= 11 is 5.92. The number of nitrogens with two attached hydrogens (primary N) is 1. The van der Waals surface area contributed by atoms with Crippen LogP contribution < -0.4 is 16.2 Å². The highest BCUT2D eigenvalue weighted by Crippen LogP contribution is 2.29. The Kier molecular flexibility index (Phi) is 5.56. The quantitative estimate of drug-likeness (QED) is 0.540. The molecule has 4 N–H and O–H groups in total. The number of hydrogen-bond donors (Lipinski definition) is 3. The number of hydrogen-bond acceptors (Lipinski definition) is 6. The fourth-order valence-electron chi connectivity index (χ4n) is 3.22. The average Bonchev–Trinajstić information content (AvgIpc) is 2.79. The van der Waals surface area contributed by atoms with Gasteiger partial charge in [0.2, 0.25) is 5.95 Å². The number of anilines is 2. The van der Waals surface area contributed by atoms with Gasteiger partial charge in [0.1, 0.15) is 0 Å².